The van der Waals surface area contributed by atoms with Crippen LogP contribution in [0, 0.1) is 6.92 Å². The van der Waals surface area contributed by atoms with E-state index in [4.69, 9.17) is 58.4 Å². The van der Waals surface area contributed by atoms with Crippen LogP contribution >= 0.6 is 0 Å². The molecule has 3 aliphatic rings. The number of rotatable bonds is 9. The lowest BCUT2D eigenvalue weighted by Gasteiger charge is -2.36. The molecule has 9 aromatic rings. The van der Waals surface area contributed by atoms with E-state index >= 15 is 0 Å². The standard InChI is InChI=1S/C55H57B3N8O7/c1-32-25-36(45-40-16-14-15-39(47(40)67-49(45)63-32)41-23-21-37(30-61-41)56-68-50(2,3)51(4,5)69-56)29-55(11)53(8,9)70-57(72-55)43-27-35-20-19-34-26-33(18-22-38(34)46(35)65-64-43)28-54(10)52(6,7)71-58(73-54)44-31-62-48(66(44)59)42-17-12-13-24-60-42/h12-27,30-31H,28-29,59H2,1-11H3. The van der Waals surface area contributed by atoms with Crippen LogP contribution in [0.2, 0.25) is 0 Å². The van der Waals surface area contributed by atoms with Gasteiger partial charge in [0.15, 0.2) is 5.82 Å². The molecule has 0 aliphatic carbocycles. The van der Waals surface area contributed by atoms with Gasteiger partial charge in [0.1, 0.15) is 16.8 Å². The van der Waals surface area contributed by atoms with Gasteiger partial charge in [0.2, 0.25) is 5.71 Å². The summed E-state index contributed by atoms with van der Waals surface area (Å²) >= 11 is 0. The van der Waals surface area contributed by atoms with Crippen LogP contribution in [0.3, 0.4) is 0 Å². The number of hydrogen-bond donors (Lipinski definition) is 1. The maximum absolute atomic E-state index is 6.97. The summed E-state index contributed by atoms with van der Waals surface area (Å²) in [5.74, 6) is 7.07. The summed E-state index contributed by atoms with van der Waals surface area (Å²) in [7, 11) is -1.98. The van der Waals surface area contributed by atoms with Crippen LogP contribution in [0.25, 0.3) is 66.5 Å². The van der Waals surface area contributed by atoms with E-state index in [-0.39, 0.29) is 0 Å². The van der Waals surface area contributed by atoms with Crippen LogP contribution in [0.5, 0.6) is 0 Å². The van der Waals surface area contributed by atoms with Gasteiger partial charge in [-0.05, 0) is 129 Å². The van der Waals surface area contributed by atoms with Gasteiger partial charge in [-0.2, -0.15) is 10.2 Å². The Labute approximate surface area is 424 Å². The summed E-state index contributed by atoms with van der Waals surface area (Å²) in [6.45, 7) is 22.6. The van der Waals surface area contributed by atoms with Crippen LogP contribution in [0.15, 0.2) is 114 Å². The summed E-state index contributed by atoms with van der Waals surface area (Å²) < 4.78 is 47.7. The first-order valence-corrected chi connectivity index (χ1v) is 24.9. The van der Waals surface area contributed by atoms with E-state index in [2.05, 4.69) is 80.1 Å². The minimum Gasteiger partial charge on any atom is -0.437 e. The topological polar surface area (TPSA) is 177 Å². The molecule has 0 amide bonds. The third-order valence-electron chi connectivity index (χ3n) is 16.3. The first-order valence-electron chi connectivity index (χ1n) is 24.9. The second-order valence-electron chi connectivity index (χ2n) is 22.3. The lowest BCUT2D eigenvalue weighted by molar-refractivity contribution is -0.00875. The zero-order valence-electron chi connectivity index (χ0n) is 43.1. The fourth-order valence-electron chi connectivity index (χ4n) is 10.5. The average molecular weight is 975 g/mol. The molecule has 0 bridgehead atoms. The fourth-order valence-corrected chi connectivity index (χ4v) is 10.5. The number of fused-ring (bicyclic) bond motifs is 6. The maximum atomic E-state index is 6.97. The van der Waals surface area contributed by atoms with Gasteiger partial charge in [-0.1, -0.05) is 54.6 Å². The molecule has 3 fully saturated rings. The zero-order valence-corrected chi connectivity index (χ0v) is 43.1. The predicted molar refractivity (Wildman–Crippen MR) is 285 cm³/mol. The Bertz CT molecular complexity index is 3650. The number of imidazole rings is 1. The molecular formula is C55H57B3N8O7. The van der Waals surface area contributed by atoms with Crippen molar-refractivity contribution in [2.75, 3.05) is 5.84 Å². The van der Waals surface area contributed by atoms with Crippen molar-refractivity contribution in [1.29, 1.82) is 0 Å². The van der Waals surface area contributed by atoms with Crippen LogP contribution in [0.1, 0.15) is 86.1 Å². The van der Waals surface area contributed by atoms with E-state index in [1.807, 2.05) is 103 Å². The summed E-state index contributed by atoms with van der Waals surface area (Å²) in [5, 5.41) is 14.4. The number of furan rings is 1. The van der Waals surface area contributed by atoms with Gasteiger partial charge in [-0.25, -0.2) is 14.6 Å². The molecule has 3 saturated heterocycles. The number of benzene rings is 3. The van der Waals surface area contributed by atoms with Crippen LogP contribution in [-0.4, -0.2) is 89.8 Å². The van der Waals surface area contributed by atoms with E-state index in [0.717, 1.165) is 66.0 Å². The molecule has 3 aromatic carbocycles. The SMILES string of the molecule is Cc1cc(CC2(C)OB(c3cc4ccc5cc(CC6(C)OB(c7cnc(-c8ccccn8)n7N)OC6(C)C)ccc5c4nn3)OC2(C)C)c2c(n1)oc1c(-c3ccc(B4OC(C)(C)C(C)(C)O4)cn3)cccc12. The largest absolute Gasteiger partial charge is 0.516 e. The van der Waals surface area contributed by atoms with Crippen molar-refractivity contribution in [3.63, 3.8) is 0 Å². The van der Waals surface area contributed by atoms with E-state index in [9.17, 15) is 0 Å². The number of hydrogen-bond acceptors (Lipinski definition) is 14. The van der Waals surface area contributed by atoms with E-state index in [1.54, 1.807) is 12.4 Å². The van der Waals surface area contributed by atoms with Gasteiger partial charge in [-0.15, -0.1) is 0 Å². The molecule has 6 aromatic heterocycles. The maximum Gasteiger partial charge on any atom is 0.516 e. The number of nitrogens with two attached hydrogens (primary N) is 1. The normalized spacial score (nSPS) is 22.2. The van der Waals surface area contributed by atoms with Crippen molar-refractivity contribution in [2.24, 2.45) is 0 Å². The molecule has 12 rings (SSSR count). The molecule has 15 nitrogen and oxygen atoms in total. The zero-order chi connectivity index (χ0) is 51.0. The van der Waals surface area contributed by atoms with Gasteiger partial charge in [-0.3, -0.25) is 9.97 Å². The molecule has 3 aliphatic heterocycles. The van der Waals surface area contributed by atoms with Crippen molar-refractivity contribution in [2.45, 2.75) is 123 Å². The minimum atomic E-state index is -0.783. The van der Waals surface area contributed by atoms with Crippen molar-refractivity contribution >= 4 is 81.7 Å². The van der Waals surface area contributed by atoms with Gasteiger partial charge in [0, 0.05) is 64.3 Å². The number of aromatic nitrogens is 7. The average Bonchev–Trinajstić information content (AvgIpc) is 4.09. The van der Waals surface area contributed by atoms with Gasteiger partial charge < -0.3 is 38.2 Å². The summed E-state index contributed by atoms with van der Waals surface area (Å²) in [5.41, 5.74) is 5.64. The summed E-state index contributed by atoms with van der Waals surface area (Å²) in [4.78, 5) is 18.7. The van der Waals surface area contributed by atoms with E-state index in [1.165, 1.54) is 4.68 Å². The van der Waals surface area contributed by atoms with Crippen molar-refractivity contribution < 1.29 is 32.3 Å². The molecule has 18 heteroatoms. The predicted octanol–water partition coefficient (Wildman–Crippen LogP) is 7.76. The van der Waals surface area contributed by atoms with Gasteiger partial charge in [0.25, 0.3) is 0 Å². The molecule has 2 atom stereocenters. The Kier molecular flexibility index (Phi) is 10.7. The molecule has 0 spiro atoms. The molecule has 2 unspecified atom stereocenters. The highest BCUT2D eigenvalue weighted by Gasteiger charge is 2.57. The minimum absolute atomic E-state index is 0.449. The third-order valence-corrected chi connectivity index (χ3v) is 16.3. The Morgan fingerprint density at radius 3 is 2.05 bits per heavy atom. The van der Waals surface area contributed by atoms with E-state index in [0.29, 0.717) is 46.8 Å². The smallest absolute Gasteiger partial charge is 0.437 e. The quantitative estimate of drug-likeness (QED) is 0.0843. The molecular weight excluding hydrogens is 917 g/mol. The van der Waals surface area contributed by atoms with Crippen molar-refractivity contribution in [3.05, 3.63) is 126 Å². The third kappa shape index (κ3) is 7.75. The number of aryl methyl sites for hydroxylation is 1. The Hall–Kier alpha value is -6.53. The van der Waals surface area contributed by atoms with Crippen LogP contribution in [0.4, 0.5) is 0 Å². The monoisotopic (exact) mass is 974 g/mol. The first kappa shape index (κ1) is 47.5. The molecule has 2 N–H and O–H groups in total. The number of nitrogens with zero attached hydrogens (tertiary/aromatic N) is 7. The highest BCUT2D eigenvalue weighted by atomic mass is 16.7. The fraction of sp³-hybridized carbons (Fsp3) is 0.345. The molecule has 0 radical (unpaired) electrons. The highest BCUT2D eigenvalue weighted by Crippen LogP contribution is 2.44. The second-order valence-corrected chi connectivity index (χ2v) is 22.3. The highest BCUT2D eigenvalue weighted by molar-refractivity contribution is 6.62. The second kappa shape index (κ2) is 16.5. The molecule has 73 heavy (non-hydrogen) atoms. The molecule has 368 valence electrons. The molecule has 9 heterocycles. The van der Waals surface area contributed by atoms with Crippen molar-refractivity contribution in [3.8, 4) is 22.8 Å². The van der Waals surface area contributed by atoms with Gasteiger partial charge >= 0.3 is 21.4 Å². The molecule has 0 saturated carbocycles. The number of nitrogen functional groups attached to an aromatic ring is 1. The van der Waals surface area contributed by atoms with Crippen LogP contribution < -0.4 is 22.5 Å². The number of pyridine rings is 3. The first-order chi connectivity index (χ1) is 34.6. The summed E-state index contributed by atoms with van der Waals surface area (Å²) in [6, 6.07) is 30.5. The lowest BCUT2D eigenvalue weighted by Crippen LogP contribution is -2.46. The summed E-state index contributed by atoms with van der Waals surface area (Å²) in [6.07, 6.45) is 6.33. The number of para-hydroxylation sites is 1. The Morgan fingerprint density at radius 1 is 0.589 bits per heavy atom. The van der Waals surface area contributed by atoms with E-state index < -0.39 is 55.0 Å². The van der Waals surface area contributed by atoms with Gasteiger partial charge in [0.05, 0.1) is 55.9 Å². The van der Waals surface area contributed by atoms with Crippen LogP contribution in [-0.2, 0) is 40.8 Å². The Morgan fingerprint density at radius 2 is 1.32 bits per heavy atom. The Balaban J connectivity index is 0.781. The lowest BCUT2D eigenvalue weighted by atomic mass is 9.80. The van der Waals surface area contributed by atoms with Crippen molar-refractivity contribution in [1.82, 2.24) is 34.8 Å².